The summed E-state index contributed by atoms with van der Waals surface area (Å²) in [4.78, 5) is 196. The monoisotopic (exact) mass is 1750 g/mol. The molecule has 7 atom stereocenters. The van der Waals surface area contributed by atoms with E-state index in [2.05, 4.69) is 41.9 Å². The number of aliphatic hydroxyl groups is 1. The molecule has 0 radical (unpaired) electrons. The van der Waals surface area contributed by atoms with Crippen LogP contribution in [-0.4, -0.2) is 269 Å². The number of sulfonamides is 1. The molecule has 11 amide bonds. The van der Waals surface area contributed by atoms with Crippen LogP contribution in [0.25, 0.3) is 0 Å². The second kappa shape index (κ2) is 49.5. The molecule has 0 aromatic heterocycles. The van der Waals surface area contributed by atoms with Gasteiger partial charge in [0.05, 0.1) is 120 Å². The van der Waals surface area contributed by atoms with E-state index in [-0.39, 0.29) is 169 Å². The first-order valence-corrected chi connectivity index (χ1v) is 43.5. The van der Waals surface area contributed by atoms with Crippen molar-refractivity contribution in [2.24, 2.45) is 11.8 Å². The Kier molecular flexibility index (Phi) is 39.2. The topological polar surface area (TPSA) is 476 Å². The number of nitrogens with zero attached hydrogens (tertiary/aromatic N) is 4. The zero-order valence-corrected chi connectivity index (χ0v) is 72.6. The predicted molar refractivity (Wildman–Crippen MR) is 453 cm³/mol. The predicted octanol–water partition coefficient (Wildman–Crippen LogP) is 3.84. The Balaban J connectivity index is 0.992. The molecule has 6 heterocycles. The SMILES string of the molecule is COCCOCCC(=O)CCCCC[C@@H]1NC(=O)[C@H](C)CC(=O)CNC(=O)C=CC(=O)NCCNC(=O)[C@@H](C)CC(=O)[C@@H](CCCCNC(=O)CCOCCOC)NC(=O)CNS(=O)(=O)CC(=O)N2C[C@@H]3C=C(C)CN3C(=O)c3cc(C)c(cc32)OCCCCCOc2cc3c(cc2OC)C(=O)N2CC(C)=C[C@H]2C(O)N3C(=O)OCc2ccc(cc2)NC1=O. The van der Waals surface area contributed by atoms with Gasteiger partial charge in [0, 0.05) is 121 Å². The van der Waals surface area contributed by atoms with Crippen LogP contribution in [0.3, 0.4) is 0 Å². The molecule has 1 unspecified atom stereocenters. The van der Waals surface area contributed by atoms with E-state index < -0.39 is 148 Å². The molecule has 678 valence electrons. The lowest BCUT2D eigenvalue weighted by atomic mass is 9.96. The third kappa shape index (κ3) is 30.4. The van der Waals surface area contributed by atoms with Crippen molar-refractivity contribution < 1.29 is 119 Å². The number of aryl methyl sites for hydroxylation is 1. The molecule has 6 bridgehead atoms. The number of amides is 11. The standard InChI is InChI=1S/C86H118N12O25S/c1-54-39-61-51-96-68-45-72(56(3)42-64(68)83(110)95(61)49-54)121-31-15-10-16-32-122-74-46-69-65(44-73(74)118-8)84(111)97-50-55(2)40-70(97)85(112)98(69)86(113)123-52-59-20-22-60(23-21-59)92-82(109)67(19-12-9-11-17-62(99)26-33-119-37-35-116-6)94-81(108)57(4)41-63(100)47-90-76(103)25-24-75(102)88-29-30-89-80(107)58(5)43-71(101)66(93-78(105)48-91-124(114,115)53-79(96)106)18-13-14-28-87-77(104)27-34-120-38-36-117-7/h20-25,39-40,42,44-46,57-58,61,66-67,70,85,91,112H,9-19,26-38,41,43,47-53H2,1-8H3,(H,87,104)(H,88,102)(H,89,107)(H,90,103)(H,92,109)(H,93,105)(H,94,108)/t57-,58+,61+,66-,67+,70+,85?/m1/s1. The van der Waals surface area contributed by atoms with Gasteiger partial charge < -0.3 is 94.9 Å². The van der Waals surface area contributed by atoms with Crippen LogP contribution in [0.2, 0.25) is 0 Å². The van der Waals surface area contributed by atoms with Gasteiger partial charge in [0.2, 0.25) is 57.3 Å². The smallest absolute Gasteiger partial charge is 0.416 e. The number of carbonyl (C=O) groups is 14. The van der Waals surface area contributed by atoms with E-state index in [1.165, 1.54) is 56.1 Å². The van der Waals surface area contributed by atoms with Crippen molar-refractivity contribution in [3.8, 4) is 17.2 Å². The van der Waals surface area contributed by atoms with E-state index in [1.807, 2.05) is 13.0 Å². The summed E-state index contributed by atoms with van der Waals surface area (Å²) in [7, 11) is -0.200. The molecule has 9 rings (SSSR count). The van der Waals surface area contributed by atoms with E-state index in [0.29, 0.717) is 88.2 Å². The zero-order valence-electron chi connectivity index (χ0n) is 71.7. The van der Waals surface area contributed by atoms with Gasteiger partial charge in [0.1, 0.15) is 29.9 Å². The fourth-order valence-electron chi connectivity index (χ4n) is 14.4. The molecule has 6 aliphatic rings. The van der Waals surface area contributed by atoms with Crippen molar-refractivity contribution in [2.45, 2.75) is 168 Å². The average Bonchev–Trinajstić information content (AvgIpc) is 1.60. The summed E-state index contributed by atoms with van der Waals surface area (Å²) in [5.74, 6) is -10.3. The third-order valence-corrected chi connectivity index (χ3v) is 22.4. The molecule has 0 aliphatic carbocycles. The number of ether oxygens (including phenoxy) is 8. The number of anilines is 3. The molecule has 37 nitrogen and oxygen atoms in total. The highest BCUT2D eigenvalue weighted by atomic mass is 32.2. The molecule has 6 aliphatic heterocycles. The molecular formula is C86H118N12O25S. The molecule has 0 saturated heterocycles. The van der Waals surface area contributed by atoms with Crippen LogP contribution >= 0.6 is 0 Å². The molecule has 0 spiro atoms. The quantitative estimate of drug-likeness (QED) is 0.0454. The number of fused-ring (bicyclic) bond motifs is 40. The first-order valence-electron chi connectivity index (χ1n) is 41.8. The zero-order chi connectivity index (χ0) is 90.0. The normalized spacial score (nSPS) is 22.0. The van der Waals surface area contributed by atoms with Gasteiger partial charge in [0.25, 0.3) is 11.8 Å². The molecule has 3 aromatic carbocycles. The summed E-state index contributed by atoms with van der Waals surface area (Å²) >= 11 is 0. The number of hydrogen-bond acceptors (Lipinski definition) is 25. The van der Waals surface area contributed by atoms with E-state index in [9.17, 15) is 80.6 Å². The van der Waals surface area contributed by atoms with E-state index in [0.717, 1.165) is 28.2 Å². The minimum absolute atomic E-state index is 0.00172. The Labute approximate surface area is 721 Å². The van der Waals surface area contributed by atoms with Gasteiger partial charge in [-0.2, -0.15) is 0 Å². The lowest BCUT2D eigenvalue weighted by Gasteiger charge is -2.31. The van der Waals surface area contributed by atoms with Crippen molar-refractivity contribution >= 4 is 110 Å². The van der Waals surface area contributed by atoms with E-state index in [4.69, 9.17) is 37.9 Å². The number of methoxy groups -OCH3 is 3. The number of nitrogens with one attached hydrogen (secondary N) is 8. The Morgan fingerprint density at radius 1 is 0.613 bits per heavy atom. The fraction of sp³-hybridized carbons (Fsp3) is 0.558. The summed E-state index contributed by atoms with van der Waals surface area (Å²) in [6.45, 7) is 8.67. The Bertz CT molecular complexity index is 4520. The Morgan fingerprint density at radius 3 is 1.95 bits per heavy atom. The highest BCUT2D eigenvalue weighted by Crippen LogP contribution is 2.42. The highest BCUT2D eigenvalue weighted by molar-refractivity contribution is 7.90. The number of aliphatic hydroxyl groups excluding tert-OH is 1. The molecular weight excluding hydrogens is 1630 g/mol. The van der Waals surface area contributed by atoms with Crippen molar-refractivity contribution in [3.63, 3.8) is 0 Å². The van der Waals surface area contributed by atoms with Gasteiger partial charge in [-0.15, -0.1) is 0 Å². The van der Waals surface area contributed by atoms with Crippen molar-refractivity contribution in [2.75, 3.05) is 147 Å². The maximum absolute atomic E-state index is 14.6. The maximum Gasteiger partial charge on any atom is 0.416 e. The number of benzene rings is 3. The average molecular weight is 1750 g/mol. The minimum Gasteiger partial charge on any atom is -0.493 e. The molecule has 3 aromatic rings. The summed E-state index contributed by atoms with van der Waals surface area (Å²) in [6.07, 6.45) is 5.95. The molecule has 38 heteroatoms. The van der Waals surface area contributed by atoms with Gasteiger partial charge in [-0.1, -0.05) is 62.1 Å². The molecule has 0 fully saturated rings. The van der Waals surface area contributed by atoms with Crippen molar-refractivity contribution in [1.82, 2.24) is 46.4 Å². The molecule has 9 N–H and O–H groups in total. The number of hydrogen-bond donors (Lipinski definition) is 9. The first kappa shape index (κ1) is 98.4. The van der Waals surface area contributed by atoms with E-state index in [1.54, 1.807) is 62.3 Å². The van der Waals surface area contributed by atoms with Crippen LogP contribution in [0.1, 0.15) is 156 Å². The van der Waals surface area contributed by atoms with Gasteiger partial charge in [-0.3, -0.25) is 62.3 Å². The van der Waals surface area contributed by atoms with Gasteiger partial charge in [0.15, 0.2) is 29.3 Å². The van der Waals surface area contributed by atoms with E-state index >= 15 is 0 Å². The van der Waals surface area contributed by atoms with Gasteiger partial charge >= 0.3 is 6.09 Å². The van der Waals surface area contributed by atoms with Crippen LogP contribution in [0, 0.1) is 18.8 Å². The maximum atomic E-state index is 14.6. The molecule has 124 heavy (non-hydrogen) atoms. The van der Waals surface area contributed by atoms with Crippen LogP contribution in [0.15, 0.2) is 84.0 Å². The van der Waals surface area contributed by atoms with Gasteiger partial charge in [-0.05, 0) is 108 Å². The second-order valence-corrected chi connectivity index (χ2v) is 33.0. The largest absolute Gasteiger partial charge is 0.493 e. The summed E-state index contributed by atoms with van der Waals surface area (Å²) in [5, 5.41) is 30.5. The number of rotatable bonds is 24. The van der Waals surface area contributed by atoms with Crippen LogP contribution in [0.5, 0.6) is 17.2 Å². The lowest BCUT2D eigenvalue weighted by molar-refractivity contribution is -0.131. The summed E-state index contributed by atoms with van der Waals surface area (Å²) in [6, 6.07) is 8.19. The highest BCUT2D eigenvalue weighted by Gasteiger charge is 2.46. The van der Waals surface area contributed by atoms with Crippen LogP contribution < -0.4 is 66.0 Å². The lowest BCUT2D eigenvalue weighted by Crippen LogP contribution is -2.50. The number of unbranched alkanes of at least 4 members (excludes halogenated alkanes) is 3. The Hall–Kier alpha value is -11.0. The van der Waals surface area contributed by atoms with Crippen molar-refractivity contribution in [3.05, 3.63) is 106 Å². The second-order valence-electron chi connectivity index (χ2n) is 31.2. The minimum atomic E-state index is -4.65. The van der Waals surface area contributed by atoms with Crippen LogP contribution in [0.4, 0.5) is 21.9 Å². The van der Waals surface area contributed by atoms with Gasteiger partial charge in [-0.25, -0.2) is 22.8 Å². The first-order chi connectivity index (χ1) is 59.4. The van der Waals surface area contributed by atoms with Crippen molar-refractivity contribution in [1.29, 1.82) is 0 Å². The Morgan fingerprint density at radius 2 is 1.24 bits per heavy atom. The summed E-state index contributed by atoms with van der Waals surface area (Å²) < 4.78 is 75.0. The number of carbonyl (C=O) groups excluding carboxylic acids is 14. The van der Waals surface area contributed by atoms with Crippen LogP contribution in [-0.2, 0) is 93.1 Å². The third-order valence-electron chi connectivity index (χ3n) is 21.1. The molecule has 0 saturated carbocycles. The number of Topliss-reactive ketones (excluding diaryl/α,β-unsaturated/α-hetero) is 3. The fourth-order valence-corrected chi connectivity index (χ4v) is 15.3. The summed E-state index contributed by atoms with van der Waals surface area (Å²) in [5.41, 5.74) is 3.07. The number of ketones is 3.